The van der Waals surface area contributed by atoms with Crippen LogP contribution in [-0.4, -0.2) is 53.0 Å². The van der Waals surface area contributed by atoms with Gasteiger partial charge < -0.3 is 10.0 Å². The van der Waals surface area contributed by atoms with E-state index < -0.39 is 5.56 Å². The lowest BCUT2D eigenvalue weighted by atomic mass is 10.3. The Labute approximate surface area is 123 Å². The van der Waals surface area contributed by atoms with Gasteiger partial charge in [-0.15, -0.1) is 6.58 Å². The van der Waals surface area contributed by atoms with Crippen molar-refractivity contribution in [2.24, 2.45) is 4.99 Å². The highest BCUT2D eigenvalue weighted by molar-refractivity contribution is 7.71. The molecule has 0 bridgehead atoms. The summed E-state index contributed by atoms with van der Waals surface area (Å²) >= 11 is 4.98. The number of aromatic nitrogens is 2. The average Bonchev–Trinajstić information content (AvgIpc) is 2.37. The quantitative estimate of drug-likeness (QED) is 0.343. The molecular weight excluding hydrogens is 276 g/mol. The molecule has 0 unspecified atom stereocenters. The molecule has 20 heavy (non-hydrogen) atoms. The second-order valence-corrected chi connectivity index (χ2v) is 4.97. The zero-order valence-electron chi connectivity index (χ0n) is 11.8. The number of aromatic amines is 1. The van der Waals surface area contributed by atoms with Crippen molar-refractivity contribution in [1.82, 2.24) is 14.5 Å². The first-order valence-electron chi connectivity index (χ1n) is 6.29. The zero-order valence-corrected chi connectivity index (χ0v) is 12.6. The van der Waals surface area contributed by atoms with Crippen LogP contribution in [-0.2, 0) is 6.54 Å². The molecule has 0 saturated heterocycles. The van der Waals surface area contributed by atoms with E-state index in [1.54, 1.807) is 6.08 Å². The molecule has 1 heterocycles. The molecule has 1 rings (SSSR count). The number of aromatic hydroxyl groups is 1. The first-order chi connectivity index (χ1) is 9.47. The van der Waals surface area contributed by atoms with Gasteiger partial charge in [-0.2, -0.15) is 0 Å². The summed E-state index contributed by atoms with van der Waals surface area (Å²) in [6, 6.07) is 0. The van der Waals surface area contributed by atoms with Crippen LogP contribution in [0.25, 0.3) is 0 Å². The van der Waals surface area contributed by atoms with Crippen LogP contribution in [0.2, 0.25) is 0 Å². The van der Waals surface area contributed by atoms with E-state index in [0.717, 1.165) is 13.0 Å². The van der Waals surface area contributed by atoms with Crippen LogP contribution in [0.4, 0.5) is 0 Å². The first kappa shape index (κ1) is 16.3. The Morgan fingerprint density at radius 2 is 2.25 bits per heavy atom. The number of nitrogens with zero attached hydrogens (tertiary/aromatic N) is 3. The summed E-state index contributed by atoms with van der Waals surface area (Å²) in [4.78, 5) is 20.5. The van der Waals surface area contributed by atoms with Crippen molar-refractivity contribution < 1.29 is 5.11 Å². The smallest absolute Gasteiger partial charge is 0.264 e. The Balaban J connectivity index is 2.92. The van der Waals surface area contributed by atoms with Crippen molar-refractivity contribution in [3.63, 3.8) is 0 Å². The molecule has 0 amide bonds. The van der Waals surface area contributed by atoms with Crippen LogP contribution in [0.1, 0.15) is 12.0 Å². The van der Waals surface area contributed by atoms with Crippen molar-refractivity contribution >= 4 is 18.4 Å². The predicted molar refractivity (Wildman–Crippen MR) is 83.4 cm³/mol. The number of aliphatic imine (C=N–C) groups is 1. The van der Waals surface area contributed by atoms with Gasteiger partial charge in [0.1, 0.15) is 5.56 Å². The maximum absolute atomic E-state index is 11.8. The number of nitrogens with one attached hydrogen (secondary N) is 1. The van der Waals surface area contributed by atoms with Crippen molar-refractivity contribution in [1.29, 1.82) is 0 Å². The zero-order chi connectivity index (χ0) is 15.1. The van der Waals surface area contributed by atoms with Crippen LogP contribution in [0.3, 0.4) is 0 Å². The normalized spacial score (nSPS) is 11.3. The van der Waals surface area contributed by atoms with Crippen molar-refractivity contribution in [3.05, 3.63) is 33.3 Å². The predicted octanol–water partition coefficient (Wildman–Crippen LogP) is 1.17. The second kappa shape index (κ2) is 7.76. The third-order valence-corrected chi connectivity index (χ3v) is 2.95. The summed E-state index contributed by atoms with van der Waals surface area (Å²) in [5.74, 6) is -0.185. The number of allylic oxidation sites excluding steroid dienone is 1. The molecule has 0 atom stereocenters. The lowest BCUT2D eigenvalue weighted by Gasteiger charge is -2.08. The van der Waals surface area contributed by atoms with Crippen molar-refractivity contribution in [3.8, 4) is 5.88 Å². The maximum atomic E-state index is 11.8. The molecule has 0 saturated carbocycles. The minimum atomic E-state index is -0.441. The van der Waals surface area contributed by atoms with E-state index in [1.165, 1.54) is 10.8 Å². The molecular formula is C13H20N4O2S. The summed E-state index contributed by atoms with van der Waals surface area (Å²) in [7, 11) is 3.97. The molecule has 0 fully saturated rings. The summed E-state index contributed by atoms with van der Waals surface area (Å²) < 4.78 is 1.56. The largest absolute Gasteiger partial charge is 0.494 e. The van der Waals surface area contributed by atoms with Crippen LogP contribution in [0.15, 0.2) is 22.4 Å². The van der Waals surface area contributed by atoms with Gasteiger partial charge in [-0.3, -0.25) is 19.3 Å². The second-order valence-electron chi connectivity index (χ2n) is 4.59. The van der Waals surface area contributed by atoms with Gasteiger partial charge >= 0.3 is 0 Å². The highest BCUT2D eigenvalue weighted by Gasteiger charge is 2.09. The maximum Gasteiger partial charge on any atom is 0.264 e. The molecule has 0 aliphatic rings. The Bertz CT molecular complexity index is 601. The van der Waals surface area contributed by atoms with E-state index in [-0.39, 0.29) is 16.2 Å². The lowest BCUT2D eigenvalue weighted by molar-refractivity contribution is 0.403. The van der Waals surface area contributed by atoms with E-state index >= 15 is 0 Å². The summed E-state index contributed by atoms with van der Waals surface area (Å²) in [6.45, 7) is 5.42. The molecule has 0 aliphatic carbocycles. The van der Waals surface area contributed by atoms with E-state index in [0.29, 0.717) is 13.1 Å². The summed E-state index contributed by atoms with van der Waals surface area (Å²) in [6.07, 6.45) is 3.86. The van der Waals surface area contributed by atoms with Gasteiger partial charge in [-0.25, -0.2) is 0 Å². The SMILES string of the molecule is C=CCn1c(O)c(C=NCCCN(C)C)c(=O)[nH]c1=S. The monoisotopic (exact) mass is 296 g/mol. The van der Waals surface area contributed by atoms with Crippen LogP contribution in [0.5, 0.6) is 5.88 Å². The van der Waals surface area contributed by atoms with E-state index in [1.807, 2.05) is 14.1 Å². The molecule has 0 spiro atoms. The Morgan fingerprint density at radius 1 is 1.55 bits per heavy atom. The van der Waals surface area contributed by atoms with Crippen LogP contribution < -0.4 is 5.56 Å². The van der Waals surface area contributed by atoms with Gasteiger partial charge in [0.25, 0.3) is 5.56 Å². The number of rotatable bonds is 7. The molecule has 0 aliphatic heterocycles. The fourth-order valence-electron chi connectivity index (χ4n) is 1.62. The number of H-pyrrole nitrogens is 1. The third kappa shape index (κ3) is 4.43. The molecule has 2 N–H and O–H groups in total. The van der Waals surface area contributed by atoms with E-state index in [4.69, 9.17) is 12.2 Å². The van der Waals surface area contributed by atoms with Gasteiger partial charge in [-0.05, 0) is 39.3 Å². The van der Waals surface area contributed by atoms with Gasteiger partial charge in [-0.1, -0.05) is 6.08 Å². The summed E-state index contributed by atoms with van der Waals surface area (Å²) in [5.41, 5.74) is -0.325. The van der Waals surface area contributed by atoms with E-state index in [9.17, 15) is 9.90 Å². The molecule has 0 radical (unpaired) electrons. The van der Waals surface area contributed by atoms with E-state index in [2.05, 4.69) is 21.5 Å². The van der Waals surface area contributed by atoms with Gasteiger partial charge in [0.2, 0.25) is 5.88 Å². The van der Waals surface area contributed by atoms with Crippen LogP contribution >= 0.6 is 12.2 Å². The molecule has 7 heteroatoms. The highest BCUT2D eigenvalue weighted by Crippen LogP contribution is 2.11. The van der Waals surface area contributed by atoms with Crippen LogP contribution in [0, 0.1) is 4.77 Å². The Hall–Kier alpha value is -1.73. The molecule has 1 aromatic heterocycles. The Kier molecular flexibility index (Phi) is 6.33. The van der Waals surface area contributed by atoms with Gasteiger partial charge in [0, 0.05) is 19.3 Å². The standard InChI is InChI=1S/C13H20N4O2S/c1-4-7-17-12(19)10(11(18)15-13(17)20)9-14-6-5-8-16(2)3/h4,9,19H,1,5-8H2,2-3H3,(H,15,18,20). The fourth-order valence-corrected chi connectivity index (χ4v) is 1.88. The molecule has 6 nitrogen and oxygen atoms in total. The highest BCUT2D eigenvalue weighted by atomic mass is 32.1. The third-order valence-electron chi connectivity index (χ3n) is 2.63. The topological polar surface area (TPSA) is 73.6 Å². The number of hydrogen-bond donors (Lipinski definition) is 2. The molecule has 1 aromatic rings. The van der Waals surface area contributed by atoms with Gasteiger partial charge in [0.15, 0.2) is 4.77 Å². The fraction of sp³-hybridized carbons (Fsp3) is 0.462. The lowest BCUT2D eigenvalue weighted by Crippen LogP contribution is -2.18. The average molecular weight is 296 g/mol. The number of hydrogen-bond acceptors (Lipinski definition) is 5. The first-order valence-corrected chi connectivity index (χ1v) is 6.69. The van der Waals surface area contributed by atoms with Crippen molar-refractivity contribution in [2.45, 2.75) is 13.0 Å². The van der Waals surface area contributed by atoms with Crippen molar-refractivity contribution in [2.75, 3.05) is 27.2 Å². The molecule has 110 valence electrons. The summed E-state index contributed by atoms with van der Waals surface area (Å²) in [5, 5.41) is 10.1. The minimum absolute atomic E-state index is 0.116. The van der Waals surface area contributed by atoms with Gasteiger partial charge in [0.05, 0.1) is 0 Å². The Morgan fingerprint density at radius 3 is 2.85 bits per heavy atom. The minimum Gasteiger partial charge on any atom is -0.494 e. The molecule has 0 aromatic carbocycles.